The monoisotopic (exact) mass is 462 g/mol. The average Bonchev–Trinajstić information content (AvgIpc) is 3.35. The highest BCUT2D eigenvalue weighted by atomic mass is 19.1. The average molecular weight is 463 g/mol. The van der Waals surface area contributed by atoms with E-state index in [4.69, 9.17) is 4.42 Å². The van der Waals surface area contributed by atoms with Gasteiger partial charge in [0, 0.05) is 37.7 Å². The lowest BCUT2D eigenvalue weighted by molar-refractivity contribution is 0.0703. The normalized spacial score (nSPS) is 18.5. The van der Waals surface area contributed by atoms with Crippen molar-refractivity contribution in [3.63, 3.8) is 0 Å². The molecule has 1 fully saturated rings. The number of rotatable bonds is 8. The topological polar surface area (TPSA) is 36.7 Å². The molecule has 1 saturated heterocycles. The van der Waals surface area contributed by atoms with Crippen LogP contribution in [0.4, 0.5) is 4.39 Å². The summed E-state index contributed by atoms with van der Waals surface area (Å²) in [5.74, 6) is 2.60. The maximum absolute atomic E-state index is 13.6. The van der Waals surface area contributed by atoms with E-state index in [0.29, 0.717) is 19.0 Å². The highest BCUT2D eigenvalue weighted by molar-refractivity contribution is 5.94. The number of likely N-dealkylation sites (tertiary alicyclic amines) is 1. The minimum atomic E-state index is -0.225. The third kappa shape index (κ3) is 5.76. The van der Waals surface area contributed by atoms with Crippen LogP contribution in [0.2, 0.25) is 0 Å². The second-order valence-electron chi connectivity index (χ2n) is 10.0. The number of furan rings is 1. The minimum Gasteiger partial charge on any atom is -0.465 e. The molecule has 1 amide bonds. The molecule has 1 aliphatic heterocycles. The molecule has 1 aromatic heterocycles. The zero-order valence-electron chi connectivity index (χ0n) is 20.6. The highest BCUT2D eigenvalue weighted by Crippen LogP contribution is 2.35. The van der Waals surface area contributed by atoms with Gasteiger partial charge in [-0.3, -0.25) is 9.69 Å². The van der Waals surface area contributed by atoms with Crippen LogP contribution >= 0.6 is 0 Å². The first-order chi connectivity index (χ1) is 16.3. The Balaban J connectivity index is 1.57. The van der Waals surface area contributed by atoms with Gasteiger partial charge in [0.05, 0.1) is 6.54 Å². The van der Waals surface area contributed by atoms with E-state index in [9.17, 15) is 9.18 Å². The molecule has 34 heavy (non-hydrogen) atoms. The third-order valence-electron chi connectivity index (χ3n) is 6.76. The number of halogens is 1. The molecule has 0 spiro atoms. The van der Waals surface area contributed by atoms with Crippen molar-refractivity contribution in [2.45, 2.75) is 40.2 Å². The van der Waals surface area contributed by atoms with Gasteiger partial charge in [0.2, 0.25) is 0 Å². The molecule has 0 aliphatic carbocycles. The summed E-state index contributed by atoms with van der Waals surface area (Å²) in [4.78, 5) is 17.8. The van der Waals surface area contributed by atoms with E-state index in [1.165, 1.54) is 12.1 Å². The molecule has 1 aliphatic rings. The Labute approximate surface area is 202 Å². The number of carbonyl (C=O) groups excluding carboxylic acids is 1. The van der Waals surface area contributed by atoms with Crippen molar-refractivity contribution in [3.05, 3.63) is 94.7 Å². The molecule has 2 heterocycles. The summed E-state index contributed by atoms with van der Waals surface area (Å²) in [6, 6.07) is 18.5. The molecule has 4 rings (SSSR count). The van der Waals surface area contributed by atoms with Crippen molar-refractivity contribution in [3.8, 4) is 0 Å². The fraction of sp³-hybridized carbons (Fsp3) is 0.414. The maximum atomic E-state index is 13.6. The van der Waals surface area contributed by atoms with Gasteiger partial charge in [-0.05, 0) is 67.1 Å². The first kappa shape index (κ1) is 24.2. The van der Waals surface area contributed by atoms with Crippen molar-refractivity contribution in [2.24, 2.45) is 11.8 Å². The van der Waals surface area contributed by atoms with Gasteiger partial charge < -0.3 is 9.32 Å². The minimum absolute atomic E-state index is 0.0721. The Morgan fingerprint density at radius 3 is 2.41 bits per heavy atom. The van der Waals surface area contributed by atoms with Crippen LogP contribution in [0.1, 0.15) is 52.8 Å². The molecule has 2 atom stereocenters. The van der Waals surface area contributed by atoms with Crippen LogP contribution in [0.15, 0.2) is 65.1 Å². The molecule has 0 radical (unpaired) electrons. The molecule has 0 bridgehead atoms. The maximum Gasteiger partial charge on any atom is 0.253 e. The van der Waals surface area contributed by atoms with E-state index in [2.05, 4.69) is 31.7 Å². The fourth-order valence-corrected chi connectivity index (χ4v) is 5.04. The van der Waals surface area contributed by atoms with Gasteiger partial charge >= 0.3 is 0 Å². The molecule has 5 heteroatoms. The van der Waals surface area contributed by atoms with Crippen molar-refractivity contribution in [1.82, 2.24) is 9.80 Å². The van der Waals surface area contributed by atoms with Crippen molar-refractivity contribution < 1.29 is 13.6 Å². The predicted molar refractivity (Wildman–Crippen MR) is 133 cm³/mol. The number of aryl methyl sites for hydroxylation is 2. The van der Waals surface area contributed by atoms with E-state index in [1.807, 2.05) is 54.3 Å². The summed E-state index contributed by atoms with van der Waals surface area (Å²) in [6.45, 7) is 12.2. The summed E-state index contributed by atoms with van der Waals surface area (Å²) in [5.41, 5.74) is 3.01. The van der Waals surface area contributed by atoms with Crippen LogP contribution in [0.3, 0.4) is 0 Å². The Morgan fingerprint density at radius 2 is 1.79 bits per heavy atom. The zero-order chi connectivity index (χ0) is 24.2. The highest BCUT2D eigenvalue weighted by Gasteiger charge is 2.36. The summed E-state index contributed by atoms with van der Waals surface area (Å²) in [6.07, 6.45) is 0. The molecule has 0 N–H and O–H groups in total. The number of hydrogen-bond donors (Lipinski definition) is 0. The van der Waals surface area contributed by atoms with E-state index in [1.54, 1.807) is 0 Å². The molecular weight excluding hydrogens is 427 g/mol. The second kappa shape index (κ2) is 10.6. The summed E-state index contributed by atoms with van der Waals surface area (Å²) in [7, 11) is 0. The van der Waals surface area contributed by atoms with Gasteiger partial charge in [-0.2, -0.15) is 0 Å². The van der Waals surface area contributed by atoms with Crippen molar-refractivity contribution >= 4 is 5.91 Å². The lowest BCUT2D eigenvalue weighted by atomic mass is 9.88. The predicted octanol–water partition coefficient (Wildman–Crippen LogP) is 6.05. The summed E-state index contributed by atoms with van der Waals surface area (Å²) in [5, 5.41) is 0. The molecule has 4 nitrogen and oxygen atoms in total. The second-order valence-corrected chi connectivity index (χ2v) is 10.0. The Morgan fingerprint density at radius 1 is 1.09 bits per heavy atom. The van der Waals surface area contributed by atoms with E-state index >= 15 is 0 Å². The molecular formula is C29H35FN2O2. The van der Waals surface area contributed by atoms with Gasteiger partial charge in [-0.25, -0.2) is 4.39 Å². The van der Waals surface area contributed by atoms with E-state index in [-0.39, 0.29) is 23.6 Å². The Bertz CT molecular complexity index is 1070. The summed E-state index contributed by atoms with van der Waals surface area (Å²) >= 11 is 0. The third-order valence-corrected chi connectivity index (χ3v) is 6.76. The molecule has 0 saturated carbocycles. The molecule has 180 valence electrons. The van der Waals surface area contributed by atoms with Crippen molar-refractivity contribution in [1.29, 1.82) is 0 Å². The smallest absolute Gasteiger partial charge is 0.253 e. The van der Waals surface area contributed by atoms with Gasteiger partial charge in [0.15, 0.2) is 0 Å². The van der Waals surface area contributed by atoms with E-state index < -0.39 is 0 Å². The van der Waals surface area contributed by atoms with Crippen LogP contribution in [0, 0.1) is 31.5 Å². The van der Waals surface area contributed by atoms with Gasteiger partial charge in [0.1, 0.15) is 17.3 Å². The Kier molecular flexibility index (Phi) is 7.52. The van der Waals surface area contributed by atoms with Crippen LogP contribution in [-0.4, -0.2) is 41.9 Å². The number of amides is 1. The molecule has 0 unspecified atom stereocenters. The van der Waals surface area contributed by atoms with Gasteiger partial charge in [-0.15, -0.1) is 0 Å². The number of benzene rings is 2. The largest absolute Gasteiger partial charge is 0.465 e. The summed E-state index contributed by atoms with van der Waals surface area (Å²) < 4.78 is 19.6. The quantitative estimate of drug-likeness (QED) is 0.409. The van der Waals surface area contributed by atoms with E-state index in [0.717, 1.165) is 47.8 Å². The standard InChI is InChI=1S/C29H35FN2O2/c1-20(2)15-32(29(33)24-8-6-5-7-9-24)17-25-16-31(18-27-14-21(3)22(4)34-27)19-28(25)23-10-12-26(30)13-11-23/h5-14,20,25,28H,15-19H2,1-4H3/t25-,28-/m1/s1. The van der Waals surface area contributed by atoms with Crippen LogP contribution in [-0.2, 0) is 6.54 Å². The SMILES string of the molecule is Cc1cc(CN2C[C@H](CN(CC(C)C)C(=O)c3ccccc3)[C@@H](c3ccc(F)cc3)C2)oc1C. The van der Waals surface area contributed by atoms with Gasteiger partial charge in [-0.1, -0.05) is 44.2 Å². The lowest BCUT2D eigenvalue weighted by Crippen LogP contribution is -2.39. The number of carbonyl (C=O) groups is 1. The lowest BCUT2D eigenvalue weighted by Gasteiger charge is -2.30. The number of nitrogens with zero attached hydrogens (tertiary/aromatic N) is 2. The van der Waals surface area contributed by atoms with Crippen LogP contribution < -0.4 is 0 Å². The van der Waals surface area contributed by atoms with Crippen molar-refractivity contribution in [2.75, 3.05) is 26.2 Å². The van der Waals surface area contributed by atoms with Gasteiger partial charge in [0.25, 0.3) is 5.91 Å². The Hall–Kier alpha value is -2.92. The van der Waals surface area contributed by atoms with Crippen LogP contribution in [0.25, 0.3) is 0 Å². The van der Waals surface area contributed by atoms with Crippen LogP contribution in [0.5, 0.6) is 0 Å². The molecule has 3 aromatic rings. The first-order valence-electron chi connectivity index (χ1n) is 12.2. The first-order valence-corrected chi connectivity index (χ1v) is 12.2. The molecule has 2 aromatic carbocycles. The zero-order valence-corrected chi connectivity index (χ0v) is 20.6. The fourth-order valence-electron chi connectivity index (χ4n) is 5.04. The number of hydrogen-bond acceptors (Lipinski definition) is 3.